The van der Waals surface area contributed by atoms with E-state index in [4.69, 9.17) is 0 Å². The average Bonchev–Trinajstić information content (AvgIpc) is 3.05. The van der Waals surface area contributed by atoms with Gasteiger partial charge in [0.2, 0.25) is 11.6 Å². The molecule has 0 fully saturated rings. The lowest BCUT2D eigenvalue weighted by Crippen LogP contribution is -2.28. The number of methoxy groups -OCH3 is 2. The molecule has 9 nitrogen and oxygen atoms in total. The van der Waals surface area contributed by atoms with Crippen LogP contribution in [0, 0.1) is 0 Å². The Hall–Kier alpha value is -3.23. The summed E-state index contributed by atoms with van der Waals surface area (Å²) in [5.74, 6) is -2.13. The minimum atomic E-state index is -0.912. The lowest BCUT2D eigenvalue weighted by atomic mass is 10.2. The molecule has 24 heavy (non-hydrogen) atoms. The number of hydrogen-bond donors (Lipinski definition) is 1. The fraction of sp³-hybridized carbons (Fsp3) is 0.267. The SMILES string of the molecule is COC(=O)c1nnn([C@@H](C)C(=O)Nc2ccccc2)c1C(=O)OC. The number of aromatic nitrogens is 3. The molecule has 1 amide bonds. The van der Waals surface area contributed by atoms with Gasteiger partial charge < -0.3 is 14.8 Å². The molecule has 0 unspecified atom stereocenters. The van der Waals surface area contributed by atoms with E-state index in [9.17, 15) is 14.4 Å². The molecule has 9 heteroatoms. The maximum Gasteiger partial charge on any atom is 0.361 e. The minimum Gasteiger partial charge on any atom is -0.464 e. The molecule has 1 aromatic carbocycles. The van der Waals surface area contributed by atoms with Crippen LogP contribution in [0.1, 0.15) is 33.9 Å². The number of amides is 1. The second kappa shape index (κ2) is 7.36. The quantitative estimate of drug-likeness (QED) is 0.814. The van der Waals surface area contributed by atoms with Crippen LogP contribution in [0.3, 0.4) is 0 Å². The van der Waals surface area contributed by atoms with Crippen LogP contribution in [0.2, 0.25) is 0 Å². The molecule has 0 bridgehead atoms. The molecule has 0 radical (unpaired) electrons. The first-order valence-corrected chi connectivity index (χ1v) is 6.97. The summed E-state index contributed by atoms with van der Waals surface area (Å²) in [5, 5.41) is 10.0. The van der Waals surface area contributed by atoms with Crippen molar-refractivity contribution in [1.82, 2.24) is 15.0 Å². The van der Waals surface area contributed by atoms with Gasteiger partial charge in [0.1, 0.15) is 6.04 Å². The zero-order valence-corrected chi connectivity index (χ0v) is 13.3. The molecule has 126 valence electrons. The Morgan fingerprint density at radius 2 is 1.71 bits per heavy atom. The van der Waals surface area contributed by atoms with Crippen LogP contribution in [0.4, 0.5) is 5.69 Å². The first-order valence-electron chi connectivity index (χ1n) is 6.97. The van der Waals surface area contributed by atoms with Gasteiger partial charge in [-0.1, -0.05) is 23.4 Å². The van der Waals surface area contributed by atoms with E-state index >= 15 is 0 Å². The topological polar surface area (TPSA) is 112 Å². The maximum atomic E-state index is 12.4. The van der Waals surface area contributed by atoms with E-state index in [2.05, 4.69) is 25.1 Å². The van der Waals surface area contributed by atoms with Crippen molar-refractivity contribution in [2.75, 3.05) is 19.5 Å². The number of esters is 2. The summed E-state index contributed by atoms with van der Waals surface area (Å²) in [6.07, 6.45) is 0. The van der Waals surface area contributed by atoms with Gasteiger partial charge in [0, 0.05) is 5.69 Å². The van der Waals surface area contributed by atoms with E-state index in [1.165, 1.54) is 6.92 Å². The molecule has 0 aliphatic carbocycles. The Bertz CT molecular complexity index is 756. The Kier molecular flexibility index (Phi) is 5.25. The fourth-order valence-electron chi connectivity index (χ4n) is 1.96. The third kappa shape index (κ3) is 3.40. The number of benzene rings is 1. The van der Waals surface area contributed by atoms with Crippen molar-refractivity contribution in [1.29, 1.82) is 0 Å². The van der Waals surface area contributed by atoms with Gasteiger partial charge in [-0.25, -0.2) is 14.3 Å². The van der Waals surface area contributed by atoms with Crippen molar-refractivity contribution >= 4 is 23.5 Å². The predicted octanol–water partition coefficient (Wildman–Crippen LogP) is 1.05. The molecule has 0 saturated heterocycles. The molecule has 1 N–H and O–H groups in total. The number of rotatable bonds is 5. The van der Waals surface area contributed by atoms with Crippen molar-refractivity contribution in [3.8, 4) is 0 Å². The molecule has 0 saturated carbocycles. The van der Waals surface area contributed by atoms with Crippen molar-refractivity contribution < 1.29 is 23.9 Å². The van der Waals surface area contributed by atoms with E-state index in [-0.39, 0.29) is 11.4 Å². The molecule has 1 heterocycles. The Morgan fingerprint density at radius 3 is 2.29 bits per heavy atom. The predicted molar refractivity (Wildman–Crippen MR) is 82.5 cm³/mol. The van der Waals surface area contributed by atoms with Gasteiger partial charge in [0.15, 0.2) is 5.69 Å². The largest absolute Gasteiger partial charge is 0.464 e. The van der Waals surface area contributed by atoms with Gasteiger partial charge in [-0.3, -0.25) is 4.79 Å². The summed E-state index contributed by atoms with van der Waals surface area (Å²) >= 11 is 0. The van der Waals surface area contributed by atoms with E-state index < -0.39 is 23.9 Å². The highest BCUT2D eigenvalue weighted by Crippen LogP contribution is 2.16. The van der Waals surface area contributed by atoms with Gasteiger partial charge in [0.25, 0.3) is 0 Å². The highest BCUT2D eigenvalue weighted by atomic mass is 16.5. The molecular weight excluding hydrogens is 316 g/mol. The van der Waals surface area contributed by atoms with Gasteiger partial charge >= 0.3 is 11.9 Å². The maximum absolute atomic E-state index is 12.4. The summed E-state index contributed by atoms with van der Waals surface area (Å²) in [5.41, 5.74) is 0.0195. The van der Waals surface area contributed by atoms with Crippen LogP contribution >= 0.6 is 0 Å². The van der Waals surface area contributed by atoms with Gasteiger partial charge in [0.05, 0.1) is 14.2 Å². The van der Waals surface area contributed by atoms with Crippen molar-refractivity contribution in [3.63, 3.8) is 0 Å². The van der Waals surface area contributed by atoms with E-state index in [1.54, 1.807) is 24.3 Å². The third-order valence-electron chi connectivity index (χ3n) is 3.24. The second-order valence-corrected chi connectivity index (χ2v) is 4.75. The lowest BCUT2D eigenvalue weighted by Gasteiger charge is -2.14. The van der Waals surface area contributed by atoms with Gasteiger partial charge in [-0.2, -0.15) is 0 Å². The monoisotopic (exact) mass is 332 g/mol. The molecule has 0 aliphatic rings. The van der Waals surface area contributed by atoms with Crippen molar-refractivity contribution in [2.24, 2.45) is 0 Å². The third-order valence-corrected chi connectivity index (χ3v) is 3.24. The normalized spacial score (nSPS) is 11.5. The fourth-order valence-corrected chi connectivity index (χ4v) is 1.96. The number of hydrogen-bond acceptors (Lipinski definition) is 7. The highest BCUT2D eigenvalue weighted by molar-refractivity contribution is 6.01. The highest BCUT2D eigenvalue weighted by Gasteiger charge is 2.31. The Labute approximate surface area is 137 Å². The number of para-hydroxylation sites is 1. The van der Waals surface area contributed by atoms with Crippen LogP contribution in [-0.4, -0.2) is 47.1 Å². The number of carbonyl (C=O) groups is 3. The van der Waals surface area contributed by atoms with Crippen molar-refractivity contribution in [2.45, 2.75) is 13.0 Å². The lowest BCUT2D eigenvalue weighted by molar-refractivity contribution is -0.119. The zero-order valence-electron chi connectivity index (χ0n) is 13.3. The molecule has 1 atom stereocenters. The summed E-state index contributed by atoms with van der Waals surface area (Å²) in [6, 6.07) is 7.87. The van der Waals surface area contributed by atoms with Gasteiger partial charge in [-0.15, -0.1) is 5.10 Å². The summed E-state index contributed by atoms with van der Waals surface area (Å²) < 4.78 is 10.2. The van der Waals surface area contributed by atoms with E-state index in [0.717, 1.165) is 18.9 Å². The van der Waals surface area contributed by atoms with Crippen LogP contribution in [0.15, 0.2) is 30.3 Å². The van der Waals surface area contributed by atoms with Crippen LogP contribution in [0.5, 0.6) is 0 Å². The molecule has 2 rings (SSSR count). The number of nitrogens with zero attached hydrogens (tertiary/aromatic N) is 3. The molecule has 0 aliphatic heterocycles. The smallest absolute Gasteiger partial charge is 0.361 e. The average molecular weight is 332 g/mol. The molecule has 2 aromatic rings. The van der Waals surface area contributed by atoms with Crippen LogP contribution in [0.25, 0.3) is 0 Å². The van der Waals surface area contributed by atoms with Gasteiger partial charge in [-0.05, 0) is 19.1 Å². The number of carbonyl (C=O) groups excluding carboxylic acids is 3. The van der Waals surface area contributed by atoms with E-state index in [1.807, 2.05) is 6.07 Å². The summed E-state index contributed by atoms with van der Waals surface area (Å²) in [4.78, 5) is 36.0. The Morgan fingerprint density at radius 1 is 1.08 bits per heavy atom. The first-order chi connectivity index (χ1) is 11.5. The minimum absolute atomic E-state index is 0.250. The molecular formula is C15H16N4O5. The van der Waals surface area contributed by atoms with Crippen LogP contribution in [-0.2, 0) is 14.3 Å². The number of nitrogens with one attached hydrogen (secondary N) is 1. The first kappa shape index (κ1) is 17.1. The van der Waals surface area contributed by atoms with Crippen LogP contribution < -0.4 is 5.32 Å². The molecule has 0 spiro atoms. The zero-order chi connectivity index (χ0) is 17.7. The summed E-state index contributed by atoms with van der Waals surface area (Å²) in [7, 11) is 2.30. The van der Waals surface area contributed by atoms with Crippen molar-refractivity contribution in [3.05, 3.63) is 41.7 Å². The molecule has 1 aromatic heterocycles. The standard InChI is InChI=1S/C15H16N4O5/c1-9(13(20)16-10-7-5-4-6-8-10)19-12(15(22)24-3)11(17-18-19)14(21)23-2/h4-9H,1-3H3,(H,16,20)/t9-/m0/s1. The number of ether oxygens (including phenoxy) is 2. The second-order valence-electron chi connectivity index (χ2n) is 4.75. The van der Waals surface area contributed by atoms with E-state index in [0.29, 0.717) is 5.69 Å². The Balaban J connectivity index is 2.33. The number of anilines is 1. The summed E-state index contributed by atoms with van der Waals surface area (Å²) in [6.45, 7) is 1.51.